The Hall–Kier alpha value is -0.340. The van der Waals surface area contributed by atoms with Crippen LogP contribution in [0.1, 0.15) is 79.1 Å². The van der Waals surface area contributed by atoms with Crippen molar-refractivity contribution in [3.8, 4) is 0 Å². The molecule has 0 spiro atoms. The number of hydroxylamine groups is 3. The largest absolute Gasteiger partial charge is 0.206 e. The number of rotatable bonds is 12. The van der Waals surface area contributed by atoms with E-state index in [1.54, 1.807) is 0 Å². The summed E-state index contributed by atoms with van der Waals surface area (Å²) < 4.78 is 0.711. The maximum atomic E-state index is 6.05. The summed E-state index contributed by atoms with van der Waals surface area (Å²) >= 11 is 0. The van der Waals surface area contributed by atoms with Crippen LogP contribution in [0.25, 0.3) is 0 Å². The van der Waals surface area contributed by atoms with Gasteiger partial charge < -0.3 is 0 Å². The lowest BCUT2D eigenvalue weighted by Crippen LogP contribution is -2.58. The molecule has 2 nitrogen and oxygen atoms in total. The van der Waals surface area contributed by atoms with Crippen LogP contribution in [0.4, 0.5) is 0 Å². The second-order valence-electron chi connectivity index (χ2n) is 6.16. The van der Waals surface area contributed by atoms with Gasteiger partial charge in [0.15, 0.2) is 0 Å². The van der Waals surface area contributed by atoms with Crippen LogP contribution in [0.2, 0.25) is 0 Å². The quantitative estimate of drug-likeness (QED) is 0.262. The predicted molar refractivity (Wildman–Crippen MR) is 89.5 cm³/mol. The van der Waals surface area contributed by atoms with E-state index in [9.17, 15) is 0 Å². The maximum Gasteiger partial charge on any atom is 0.140 e. The molecule has 0 aliphatic heterocycles. The van der Waals surface area contributed by atoms with Gasteiger partial charge >= 0.3 is 0 Å². The highest BCUT2D eigenvalue weighted by molar-refractivity contribution is 5.01. The zero-order chi connectivity index (χ0) is 15.6. The molecule has 0 radical (unpaired) electrons. The summed E-state index contributed by atoms with van der Waals surface area (Å²) in [6.45, 7) is 13.4. The summed E-state index contributed by atoms with van der Waals surface area (Å²) in [5.74, 6) is 0. The topological polar surface area (TPSA) is 9.23 Å². The average Bonchev–Trinajstić information content (AvgIpc) is 2.44. The number of hydrogen-bond acceptors (Lipinski definition) is 1. The number of likely N-dealkylation sites (N-methyl/N-ethyl adjacent to an activating group) is 1. The minimum Gasteiger partial charge on any atom is -0.206 e. The van der Waals surface area contributed by atoms with Gasteiger partial charge in [0, 0.05) is 19.3 Å². The highest BCUT2D eigenvalue weighted by Gasteiger charge is 2.41. The Balaban J connectivity index is 5.18. The van der Waals surface area contributed by atoms with Crippen molar-refractivity contribution in [1.29, 1.82) is 0 Å². The van der Waals surface area contributed by atoms with Crippen molar-refractivity contribution in [2.45, 2.75) is 91.1 Å². The monoisotopic (exact) mass is 284 g/mol. The molecular weight excluding hydrogens is 246 g/mol. The van der Waals surface area contributed by atoms with Crippen molar-refractivity contribution in [1.82, 2.24) is 0 Å². The lowest BCUT2D eigenvalue weighted by molar-refractivity contribution is -1.12. The number of unbranched alkanes of at least 4 members (excludes halogenated alkanes) is 1. The normalized spacial score (nSPS) is 17.5. The van der Waals surface area contributed by atoms with Crippen LogP contribution in [0, 0.1) is 0 Å². The Morgan fingerprint density at radius 3 is 2.10 bits per heavy atom. The Morgan fingerprint density at radius 2 is 1.70 bits per heavy atom. The molecule has 0 saturated heterocycles. The number of quaternary nitrogens is 1. The third-order valence-electron chi connectivity index (χ3n) is 4.68. The summed E-state index contributed by atoms with van der Waals surface area (Å²) in [7, 11) is 4.14. The van der Waals surface area contributed by atoms with Gasteiger partial charge in [-0.15, -0.1) is 0 Å². The van der Waals surface area contributed by atoms with E-state index in [0.717, 1.165) is 12.8 Å². The summed E-state index contributed by atoms with van der Waals surface area (Å²) in [5, 5.41) is 0. The Morgan fingerprint density at radius 1 is 1.05 bits per heavy atom. The molecule has 0 aliphatic carbocycles. The van der Waals surface area contributed by atoms with Crippen LogP contribution < -0.4 is 0 Å². The molecule has 20 heavy (non-hydrogen) atoms. The van der Waals surface area contributed by atoms with Gasteiger partial charge in [0.1, 0.15) is 12.1 Å². The van der Waals surface area contributed by atoms with Crippen LogP contribution in [-0.4, -0.2) is 30.9 Å². The smallest absolute Gasteiger partial charge is 0.140 e. The molecule has 0 rings (SSSR count). The van der Waals surface area contributed by atoms with E-state index in [-0.39, 0.29) is 0 Å². The fraction of sp³-hybridized carbons (Fsp3) is 0.889. The summed E-state index contributed by atoms with van der Waals surface area (Å²) in [4.78, 5) is 6.05. The van der Waals surface area contributed by atoms with Gasteiger partial charge in [-0.2, -0.15) is 4.65 Å². The summed E-state index contributed by atoms with van der Waals surface area (Å²) in [5.41, 5.74) is 1.36. The standard InChI is InChI=1S/C18H38NO/c1-8-12-15-17(14-10-3)19(6,20-7)18(11-4)16(5)13-9-2/h17-18H,5,8-15H2,1-4,6-7H3/q+1. The number of nitrogens with zero attached hydrogens (tertiary/aromatic N) is 1. The molecule has 0 aromatic heterocycles. The molecule has 3 atom stereocenters. The molecule has 0 saturated carbocycles. The van der Waals surface area contributed by atoms with Crippen molar-refractivity contribution in [2.24, 2.45) is 0 Å². The van der Waals surface area contributed by atoms with Gasteiger partial charge in [0.2, 0.25) is 0 Å². The average molecular weight is 285 g/mol. The first-order valence-electron chi connectivity index (χ1n) is 8.60. The predicted octanol–water partition coefficient (Wildman–Crippen LogP) is 5.49. The zero-order valence-corrected chi connectivity index (χ0v) is 14.9. The molecule has 120 valence electrons. The Kier molecular flexibility index (Phi) is 10.2. The minimum absolute atomic E-state index is 0.424. The maximum absolute atomic E-state index is 6.05. The third kappa shape index (κ3) is 5.21. The lowest BCUT2D eigenvalue weighted by atomic mass is 9.95. The van der Waals surface area contributed by atoms with Gasteiger partial charge in [0.25, 0.3) is 0 Å². The van der Waals surface area contributed by atoms with Gasteiger partial charge in [-0.05, 0) is 18.4 Å². The molecule has 2 heteroatoms. The van der Waals surface area contributed by atoms with Crippen molar-refractivity contribution < 1.29 is 9.48 Å². The molecule has 0 amide bonds. The SMILES string of the molecule is C=C(CCC)C(CC)[N+](C)(OC)C(CCC)CCCC. The van der Waals surface area contributed by atoms with E-state index in [2.05, 4.69) is 41.3 Å². The molecule has 3 unspecified atom stereocenters. The van der Waals surface area contributed by atoms with Crippen molar-refractivity contribution in [2.75, 3.05) is 14.2 Å². The first-order chi connectivity index (χ1) is 9.51. The van der Waals surface area contributed by atoms with E-state index in [4.69, 9.17) is 4.84 Å². The molecular formula is C18H38NO+. The summed E-state index contributed by atoms with van der Waals surface area (Å²) in [6, 6.07) is 1.01. The fourth-order valence-electron chi connectivity index (χ4n) is 3.46. The first kappa shape index (κ1) is 19.7. The van der Waals surface area contributed by atoms with Gasteiger partial charge in [0.05, 0.1) is 14.2 Å². The van der Waals surface area contributed by atoms with E-state index in [1.165, 1.54) is 44.1 Å². The zero-order valence-electron chi connectivity index (χ0n) is 14.9. The third-order valence-corrected chi connectivity index (χ3v) is 4.68. The van der Waals surface area contributed by atoms with E-state index < -0.39 is 0 Å². The molecule has 0 fully saturated rings. The molecule has 0 bridgehead atoms. The van der Waals surface area contributed by atoms with E-state index >= 15 is 0 Å². The minimum atomic E-state index is 0.424. The van der Waals surface area contributed by atoms with Crippen LogP contribution in [0.3, 0.4) is 0 Å². The Labute approximate surface area is 127 Å². The molecule has 0 aromatic carbocycles. The first-order valence-corrected chi connectivity index (χ1v) is 8.60. The fourth-order valence-corrected chi connectivity index (χ4v) is 3.46. The van der Waals surface area contributed by atoms with E-state index in [1.807, 2.05) is 7.11 Å². The highest BCUT2D eigenvalue weighted by Crippen LogP contribution is 2.31. The van der Waals surface area contributed by atoms with E-state index in [0.29, 0.717) is 16.7 Å². The highest BCUT2D eigenvalue weighted by atomic mass is 16.7. The van der Waals surface area contributed by atoms with Crippen molar-refractivity contribution in [3.63, 3.8) is 0 Å². The van der Waals surface area contributed by atoms with Crippen LogP contribution in [0.5, 0.6) is 0 Å². The van der Waals surface area contributed by atoms with Gasteiger partial charge in [-0.25, -0.2) is 4.84 Å². The van der Waals surface area contributed by atoms with Gasteiger partial charge in [-0.3, -0.25) is 0 Å². The van der Waals surface area contributed by atoms with Crippen LogP contribution >= 0.6 is 0 Å². The molecule has 0 aliphatic rings. The van der Waals surface area contributed by atoms with Crippen molar-refractivity contribution in [3.05, 3.63) is 12.2 Å². The lowest BCUT2D eigenvalue weighted by Gasteiger charge is -2.44. The van der Waals surface area contributed by atoms with Crippen molar-refractivity contribution >= 4 is 0 Å². The second kappa shape index (κ2) is 10.4. The molecule has 0 heterocycles. The van der Waals surface area contributed by atoms with Crippen LogP contribution in [0.15, 0.2) is 12.2 Å². The Bertz CT molecular complexity index is 264. The van der Waals surface area contributed by atoms with Crippen LogP contribution in [-0.2, 0) is 4.84 Å². The second-order valence-corrected chi connectivity index (χ2v) is 6.16. The molecule has 0 aromatic rings. The number of hydrogen-bond donors (Lipinski definition) is 0. The summed E-state index contributed by atoms with van der Waals surface area (Å²) in [6.07, 6.45) is 9.66. The molecule has 0 N–H and O–H groups in total. The van der Waals surface area contributed by atoms with Gasteiger partial charge in [-0.1, -0.05) is 53.5 Å².